The fourth-order valence-electron chi connectivity index (χ4n) is 1.40. The van der Waals surface area contributed by atoms with Gasteiger partial charge in [0, 0.05) is 20.1 Å². The van der Waals surface area contributed by atoms with Crippen LogP contribution in [-0.2, 0) is 4.74 Å². The molecule has 0 amide bonds. The number of amidine groups is 1. The summed E-state index contributed by atoms with van der Waals surface area (Å²) in [5.74, 6) is 0.670. The minimum absolute atomic E-state index is 0.0479. The number of benzene rings is 1. The Morgan fingerprint density at radius 2 is 2.18 bits per heavy atom. The molecule has 0 heterocycles. The van der Waals surface area contributed by atoms with Gasteiger partial charge in [0.25, 0.3) is 0 Å². The number of ether oxygens (including phenoxy) is 2. The molecular weight excluding hydrogens is 220 g/mol. The Morgan fingerprint density at radius 1 is 1.41 bits per heavy atom. The second kappa shape index (κ2) is 6.75. The number of nitrogens with two attached hydrogens (primary N) is 1. The molecule has 0 aromatic heterocycles. The average molecular weight is 238 g/mol. The number of oxime groups is 1. The summed E-state index contributed by atoms with van der Waals surface area (Å²) in [7, 11) is 1.65. The van der Waals surface area contributed by atoms with Crippen LogP contribution >= 0.6 is 0 Å². The molecule has 5 heteroatoms. The fourth-order valence-corrected chi connectivity index (χ4v) is 1.40. The molecule has 0 aliphatic rings. The van der Waals surface area contributed by atoms with Crippen LogP contribution in [0.15, 0.2) is 23.4 Å². The Balaban J connectivity index is 2.77. The molecule has 0 spiro atoms. The van der Waals surface area contributed by atoms with Gasteiger partial charge >= 0.3 is 0 Å². The molecule has 0 radical (unpaired) electrons. The smallest absolute Gasteiger partial charge is 0.173 e. The first-order valence-corrected chi connectivity index (χ1v) is 5.39. The van der Waals surface area contributed by atoms with Crippen LogP contribution in [0.3, 0.4) is 0 Å². The van der Waals surface area contributed by atoms with Gasteiger partial charge in [0.15, 0.2) is 5.84 Å². The summed E-state index contributed by atoms with van der Waals surface area (Å²) in [4.78, 5) is 0. The lowest BCUT2D eigenvalue weighted by molar-refractivity contribution is 0.172. The van der Waals surface area contributed by atoms with Crippen molar-refractivity contribution < 1.29 is 14.7 Å². The molecule has 0 bridgehead atoms. The zero-order chi connectivity index (χ0) is 12.7. The third kappa shape index (κ3) is 3.96. The van der Waals surface area contributed by atoms with E-state index in [4.69, 9.17) is 20.4 Å². The van der Waals surface area contributed by atoms with Gasteiger partial charge in [-0.15, -0.1) is 0 Å². The first-order chi connectivity index (χ1) is 8.19. The van der Waals surface area contributed by atoms with E-state index in [9.17, 15) is 0 Å². The van der Waals surface area contributed by atoms with E-state index < -0.39 is 0 Å². The molecular formula is C12H18N2O3. The predicted molar refractivity (Wildman–Crippen MR) is 65.7 cm³/mol. The van der Waals surface area contributed by atoms with Gasteiger partial charge in [-0.3, -0.25) is 0 Å². The Hall–Kier alpha value is -1.75. The van der Waals surface area contributed by atoms with Crippen molar-refractivity contribution in [2.75, 3.05) is 20.3 Å². The molecule has 17 heavy (non-hydrogen) atoms. The van der Waals surface area contributed by atoms with E-state index in [0.717, 1.165) is 12.0 Å². The van der Waals surface area contributed by atoms with Crippen molar-refractivity contribution in [2.45, 2.75) is 13.3 Å². The molecule has 5 nitrogen and oxygen atoms in total. The highest BCUT2D eigenvalue weighted by Crippen LogP contribution is 2.20. The largest absolute Gasteiger partial charge is 0.493 e. The van der Waals surface area contributed by atoms with Crippen molar-refractivity contribution in [2.24, 2.45) is 10.9 Å². The molecule has 1 aromatic rings. The monoisotopic (exact) mass is 238 g/mol. The Kier molecular flexibility index (Phi) is 5.29. The van der Waals surface area contributed by atoms with Gasteiger partial charge in [-0.2, -0.15) is 0 Å². The highest BCUT2D eigenvalue weighted by Gasteiger charge is 2.08. The summed E-state index contributed by atoms with van der Waals surface area (Å²) in [6.45, 7) is 3.13. The van der Waals surface area contributed by atoms with E-state index in [1.165, 1.54) is 0 Å². The van der Waals surface area contributed by atoms with Crippen molar-refractivity contribution in [1.82, 2.24) is 0 Å². The molecule has 0 saturated carbocycles. The lowest BCUT2D eigenvalue weighted by atomic mass is 10.1. The highest BCUT2D eigenvalue weighted by molar-refractivity contribution is 5.99. The van der Waals surface area contributed by atoms with Gasteiger partial charge in [0.05, 0.1) is 12.2 Å². The maximum absolute atomic E-state index is 8.68. The van der Waals surface area contributed by atoms with E-state index in [0.29, 0.717) is 24.5 Å². The summed E-state index contributed by atoms with van der Waals surface area (Å²) >= 11 is 0. The van der Waals surface area contributed by atoms with Gasteiger partial charge in [0.1, 0.15) is 5.75 Å². The van der Waals surface area contributed by atoms with Crippen molar-refractivity contribution in [1.29, 1.82) is 0 Å². The number of hydrogen-bond acceptors (Lipinski definition) is 4. The molecule has 1 rings (SSSR count). The van der Waals surface area contributed by atoms with Gasteiger partial charge in [-0.1, -0.05) is 11.2 Å². The Labute approximate surface area is 101 Å². The van der Waals surface area contributed by atoms with Crippen LogP contribution in [0.25, 0.3) is 0 Å². The van der Waals surface area contributed by atoms with Gasteiger partial charge in [0.2, 0.25) is 0 Å². The van der Waals surface area contributed by atoms with Crippen LogP contribution in [0.2, 0.25) is 0 Å². The van der Waals surface area contributed by atoms with Crippen molar-refractivity contribution >= 4 is 5.84 Å². The third-order valence-corrected chi connectivity index (χ3v) is 2.27. The van der Waals surface area contributed by atoms with Crippen LogP contribution in [0, 0.1) is 6.92 Å². The standard InChI is InChI=1S/C12H18N2O3/c1-9-4-5-10(12(13)14-15)11(8-9)17-7-3-6-16-2/h4-5,8,15H,3,6-7H2,1-2H3,(H2,13,14). The van der Waals surface area contributed by atoms with Crippen LogP contribution in [0.5, 0.6) is 5.75 Å². The minimum atomic E-state index is 0.0479. The maximum atomic E-state index is 8.68. The normalized spacial score (nSPS) is 11.5. The summed E-state index contributed by atoms with van der Waals surface area (Å²) in [5.41, 5.74) is 7.22. The number of nitrogens with zero attached hydrogens (tertiary/aromatic N) is 1. The molecule has 0 saturated heterocycles. The first kappa shape index (κ1) is 13.3. The molecule has 0 atom stereocenters. The number of rotatable bonds is 6. The fraction of sp³-hybridized carbons (Fsp3) is 0.417. The average Bonchev–Trinajstić information content (AvgIpc) is 2.34. The Morgan fingerprint density at radius 3 is 2.82 bits per heavy atom. The van der Waals surface area contributed by atoms with E-state index in [2.05, 4.69) is 5.16 Å². The van der Waals surface area contributed by atoms with Crippen LogP contribution in [0.1, 0.15) is 17.5 Å². The van der Waals surface area contributed by atoms with E-state index in [-0.39, 0.29) is 5.84 Å². The molecule has 0 aliphatic carbocycles. The maximum Gasteiger partial charge on any atom is 0.173 e. The summed E-state index contributed by atoms with van der Waals surface area (Å²) in [6, 6.07) is 5.52. The number of methoxy groups -OCH3 is 1. The molecule has 0 fully saturated rings. The lowest BCUT2D eigenvalue weighted by Crippen LogP contribution is -2.15. The van der Waals surface area contributed by atoms with Crippen LogP contribution in [-0.4, -0.2) is 31.4 Å². The third-order valence-electron chi connectivity index (χ3n) is 2.27. The van der Waals surface area contributed by atoms with Crippen LogP contribution < -0.4 is 10.5 Å². The topological polar surface area (TPSA) is 77.1 Å². The van der Waals surface area contributed by atoms with Crippen molar-refractivity contribution in [3.05, 3.63) is 29.3 Å². The minimum Gasteiger partial charge on any atom is -0.493 e. The molecule has 0 aliphatic heterocycles. The SMILES string of the molecule is COCCCOc1cc(C)ccc1C(N)=NO. The number of aryl methyl sites for hydroxylation is 1. The highest BCUT2D eigenvalue weighted by atomic mass is 16.5. The summed E-state index contributed by atoms with van der Waals surface area (Å²) < 4.78 is 10.5. The van der Waals surface area contributed by atoms with E-state index >= 15 is 0 Å². The van der Waals surface area contributed by atoms with Gasteiger partial charge in [-0.25, -0.2) is 0 Å². The summed E-state index contributed by atoms with van der Waals surface area (Å²) in [6.07, 6.45) is 0.792. The second-order valence-corrected chi connectivity index (χ2v) is 3.68. The Bertz CT molecular complexity index is 391. The molecule has 3 N–H and O–H groups in total. The van der Waals surface area contributed by atoms with Crippen LogP contribution in [0.4, 0.5) is 0 Å². The van der Waals surface area contributed by atoms with Gasteiger partial charge < -0.3 is 20.4 Å². The first-order valence-electron chi connectivity index (χ1n) is 5.39. The molecule has 94 valence electrons. The molecule has 0 unspecified atom stereocenters. The van der Waals surface area contributed by atoms with Gasteiger partial charge in [-0.05, 0) is 24.6 Å². The number of hydrogen-bond donors (Lipinski definition) is 2. The quantitative estimate of drug-likeness (QED) is 0.259. The van der Waals surface area contributed by atoms with E-state index in [1.807, 2.05) is 19.1 Å². The van der Waals surface area contributed by atoms with Crippen molar-refractivity contribution in [3.63, 3.8) is 0 Å². The van der Waals surface area contributed by atoms with Crippen molar-refractivity contribution in [3.8, 4) is 5.75 Å². The summed E-state index contributed by atoms with van der Waals surface area (Å²) in [5, 5.41) is 11.7. The zero-order valence-corrected chi connectivity index (χ0v) is 10.1. The lowest BCUT2D eigenvalue weighted by Gasteiger charge is -2.11. The predicted octanol–water partition coefficient (Wildman–Crippen LogP) is 1.50. The molecule has 1 aromatic carbocycles. The van der Waals surface area contributed by atoms with E-state index in [1.54, 1.807) is 13.2 Å². The second-order valence-electron chi connectivity index (χ2n) is 3.68. The zero-order valence-electron chi connectivity index (χ0n) is 10.1.